The minimum absolute atomic E-state index is 0.161. The van der Waals surface area contributed by atoms with Gasteiger partial charge in [-0.25, -0.2) is 9.97 Å². The molecule has 0 radical (unpaired) electrons. The van der Waals surface area contributed by atoms with Crippen molar-refractivity contribution in [2.45, 2.75) is 40.0 Å². The average molecular weight is 245 g/mol. The zero-order chi connectivity index (χ0) is 13.1. The molecule has 2 rings (SSSR count). The van der Waals surface area contributed by atoms with Gasteiger partial charge in [-0.1, -0.05) is 26.7 Å². The summed E-state index contributed by atoms with van der Waals surface area (Å²) in [5, 5.41) is 0. The van der Waals surface area contributed by atoms with Crippen LogP contribution in [0.4, 0.5) is 0 Å². The molecular formula is C14H19N3O. The molecule has 0 spiro atoms. The van der Waals surface area contributed by atoms with E-state index in [4.69, 9.17) is 0 Å². The maximum atomic E-state index is 12.3. The smallest absolute Gasteiger partial charge is 0.234 e. The molecule has 2 heterocycles. The van der Waals surface area contributed by atoms with Crippen molar-refractivity contribution in [1.82, 2.24) is 14.4 Å². The number of imidazole rings is 1. The van der Waals surface area contributed by atoms with Crippen molar-refractivity contribution in [2.75, 3.05) is 0 Å². The fourth-order valence-electron chi connectivity index (χ4n) is 2.34. The van der Waals surface area contributed by atoms with Gasteiger partial charge in [0.15, 0.2) is 5.78 Å². The van der Waals surface area contributed by atoms with E-state index in [1.807, 2.05) is 19.2 Å². The fourth-order valence-corrected chi connectivity index (χ4v) is 2.34. The van der Waals surface area contributed by atoms with Gasteiger partial charge in [-0.15, -0.1) is 0 Å². The van der Waals surface area contributed by atoms with Gasteiger partial charge in [0.1, 0.15) is 5.69 Å². The molecule has 0 aliphatic heterocycles. The molecule has 18 heavy (non-hydrogen) atoms. The highest BCUT2D eigenvalue weighted by Gasteiger charge is 2.18. The van der Waals surface area contributed by atoms with Crippen molar-refractivity contribution >= 4 is 11.6 Å². The van der Waals surface area contributed by atoms with Crippen LogP contribution < -0.4 is 0 Å². The van der Waals surface area contributed by atoms with Crippen molar-refractivity contribution < 1.29 is 4.79 Å². The molecule has 0 aliphatic rings. The molecule has 4 heteroatoms. The van der Waals surface area contributed by atoms with E-state index in [0.717, 1.165) is 18.5 Å². The summed E-state index contributed by atoms with van der Waals surface area (Å²) in [6, 6.07) is 1.82. The average Bonchev–Trinajstić information content (AvgIpc) is 2.64. The second-order valence-corrected chi connectivity index (χ2v) is 4.86. The number of fused-ring (bicyclic) bond motifs is 1. The highest BCUT2D eigenvalue weighted by molar-refractivity contribution is 5.96. The summed E-state index contributed by atoms with van der Waals surface area (Å²) in [7, 11) is 0. The number of carbonyl (C=O) groups is 1. The van der Waals surface area contributed by atoms with E-state index in [0.29, 0.717) is 23.8 Å². The minimum atomic E-state index is 0.161. The van der Waals surface area contributed by atoms with Crippen LogP contribution >= 0.6 is 0 Å². The van der Waals surface area contributed by atoms with Crippen LogP contribution in [0.1, 0.15) is 49.3 Å². The van der Waals surface area contributed by atoms with Gasteiger partial charge in [-0.3, -0.25) is 9.20 Å². The molecule has 0 amide bonds. The van der Waals surface area contributed by atoms with Gasteiger partial charge in [-0.05, 0) is 18.9 Å². The highest BCUT2D eigenvalue weighted by Crippen LogP contribution is 2.17. The summed E-state index contributed by atoms with van der Waals surface area (Å²) in [5.41, 5.74) is 1.45. The molecule has 4 nitrogen and oxygen atoms in total. The van der Waals surface area contributed by atoms with Crippen LogP contribution in [0.5, 0.6) is 0 Å². The lowest BCUT2D eigenvalue weighted by Gasteiger charge is -2.08. The van der Waals surface area contributed by atoms with Crippen molar-refractivity contribution in [3.8, 4) is 0 Å². The predicted molar refractivity (Wildman–Crippen MR) is 70.7 cm³/mol. The quantitative estimate of drug-likeness (QED) is 0.761. The minimum Gasteiger partial charge on any atom is -0.292 e. The van der Waals surface area contributed by atoms with Gasteiger partial charge < -0.3 is 0 Å². The summed E-state index contributed by atoms with van der Waals surface area (Å²) in [4.78, 5) is 20.8. The van der Waals surface area contributed by atoms with E-state index >= 15 is 0 Å². The number of nitrogens with zero attached hydrogens (tertiary/aromatic N) is 3. The Morgan fingerprint density at radius 2 is 2.28 bits per heavy atom. The number of hydrogen-bond acceptors (Lipinski definition) is 3. The van der Waals surface area contributed by atoms with E-state index in [1.165, 1.54) is 0 Å². The Hall–Kier alpha value is -1.71. The van der Waals surface area contributed by atoms with Crippen LogP contribution in [-0.2, 0) is 0 Å². The van der Waals surface area contributed by atoms with Crippen LogP contribution in [0.25, 0.3) is 5.78 Å². The Morgan fingerprint density at radius 3 is 3.00 bits per heavy atom. The van der Waals surface area contributed by atoms with Gasteiger partial charge in [-0.2, -0.15) is 0 Å². The van der Waals surface area contributed by atoms with Crippen LogP contribution in [0.3, 0.4) is 0 Å². The maximum Gasteiger partial charge on any atom is 0.234 e. The Morgan fingerprint density at radius 1 is 1.50 bits per heavy atom. The summed E-state index contributed by atoms with van der Waals surface area (Å²) in [5.74, 6) is 1.18. The third-order valence-corrected chi connectivity index (χ3v) is 3.16. The topological polar surface area (TPSA) is 47.3 Å². The van der Waals surface area contributed by atoms with Crippen LogP contribution in [0, 0.1) is 12.8 Å². The zero-order valence-electron chi connectivity index (χ0n) is 11.2. The molecule has 96 valence electrons. The van der Waals surface area contributed by atoms with E-state index in [2.05, 4.69) is 23.8 Å². The van der Waals surface area contributed by atoms with Crippen LogP contribution in [-0.4, -0.2) is 20.2 Å². The number of ketones is 1. The lowest BCUT2D eigenvalue weighted by Crippen LogP contribution is -2.10. The second-order valence-electron chi connectivity index (χ2n) is 4.86. The summed E-state index contributed by atoms with van der Waals surface area (Å²) >= 11 is 0. The van der Waals surface area contributed by atoms with Gasteiger partial charge in [0.05, 0.1) is 5.69 Å². The number of hydrogen-bond donors (Lipinski definition) is 0. The Labute approximate surface area is 107 Å². The number of aryl methyl sites for hydroxylation is 1. The number of aromatic nitrogens is 3. The molecule has 2 aromatic rings. The Balaban J connectivity index is 2.30. The first kappa shape index (κ1) is 12.7. The van der Waals surface area contributed by atoms with E-state index in [9.17, 15) is 4.79 Å². The van der Waals surface area contributed by atoms with Gasteiger partial charge in [0.2, 0.25) is 5.78 Å². The van der Waals surface area contributed by atoms with Gasteiger partial charge in [0, 0.05) is 18.8 Å². The van der Waals surface area contributed by atoms with Crippen LogP contribution in [0.2, 0.25) is 0 Å². The molecule has 1 atom stereocenters. The second kappa shape index (κ2) is 5.29. The molecular weight excluding hydrogens is 226 g/mol. The molecule has 0 aromatic carbocycles. The number of Topliss-reactive ketones (excluding diaryl/α,β-unsaturated/α-hetero) is 1. The molecule has 0 N–H and O–H groups in total. The SMILES string of the molecule is CCCC(C)CC(=O)c1c(C)nc2ncccn12. The first-order valence-electron chi connectivity index (χ1n) is 6.46. The van der Waals surface area contributed by atoms with E-state index in [1.54, 1.807) is 10.6 Å². The molecule has 0 bridgehead atoms. The van der Waals surface area contributed by atoms with Crippen molar-refractivity contribution in [2.24, 2.45) is 5.92 Å². The largest absolute Gasteiger partial charge is 0.292 e. The summed E-state index contributed by atoms with van der Waals surface area (Å²) in [6.07, 6.45) is 6.31. The zero-order valence-corrected chi connectivity index (χ0v) is 11.2. The lowest BCUT2D eigenvalue weighted by molar-refractivity contribution is 0.0956. The lowest BCUT2D eigenvalue weighted by atomic mass is 9.98. The van der Waals surface area contributed by atoms with Crippen molar-refractivity contribution in [3.05, 3.63) is 29.8 Å². The standard InChI is InChI=1S/C14H19N3O/c1-4-6-10(2)9-12(18)13-11(3)16-14-15-7-5-8-17(13)14/h5,7-8,10H,4,6,9H2,1-3H3. The van der Waals surface area contributed by atoms with Crippen molar-refractivity contribution in [1.29, 1.82) is 0 Å². The Kier molecular flexibility index (Phi) is 3.75. The fraction of sp³-hybridized carbons (Fsp3) is 0.500. The molecule has 0 fully saturated rings. The normalized spacial score (nSPS) is 12.8. The summed E-state index contributed by atoms with van der Waals surface area (Å²) < 4.78 is 1.79. The molecule has 0 saturated heterocycles. The van der Waals surface area contributed by atoms with Crippen LogP contribution in [0.15, 0.2) is 18.5 Å². The monoisotopic (exact) mass is 245 g/mol. The molecule has 1 unspecified atom stereocenters. The Bertz CT molecular complexity index is 559. The first-order valence-corrected chi connectivity index (χ1v) is 6.46. The maximum absolute atomic E-state index is 12.3. The number of carbonyl (C=O) groups excluding carboxylic acids is 1. The molecule has 2 aromatic heterocycles. The van der Waals surface area contributed by atoms with Gasteiger partial charge in [0.25, 0.3) is 0 Å². The summed E-state index contributed by atoms with van der Waals surface area (Å²) in [6.45, 7) is 6.13. The number of rotatable bonds is 5. The van der Waals surface area contributed by atoms with E-state index < -0.39 is 0 Å². The predicted octanol–water partition coefficient (Wildman–Crippen LogP) is 3.05. The van der Waals surface area contributed by atoms with Crippen molar-refractivity contribution in [3.63, 3.8) is 0 Å². The third-order valence-electron chi connectivity index (χ3n) is 3.16. The highest BCUT2D eigenvalue weighted by atomic mass is 16.1. The molecule has 0 aliphatic carbocycles. The third kappa shape index (κ3) is 2.42. The van der Waals surface area contributed by atoms with E-state index in [-0.39, 0.29) is 5.78 Å². The first-order chi connectivity index (χ1) is 8.63. The van der Waals surface area contributed by atoms with Gasteiger partial charge >= 0.3 is 0 Å². The molecule has 0 saturated carbocycles.